The van der Waals surface area contributed by atoms with Crippen LogP contribution in [-0.2, 0) is 10.0 Å². The van der Waals surface area contributed by atoms with Crippen LogP contribution in [-0.4, -0.2) is 36.9 Å². The molecule has 1 fully saturated rings. The smallest absolute Gasteiger partial charge is 0.212 e. The van der Waals surface area contributed by atoms with Crippen molar-refractivity contribution in [2.24, 2.45) is 0 Å². The van der Waals surface area contributed by atoms with Crippen LogP contribution in [0, 0.1) is 0 Å². The number of alkyl halides is 1. The van der Waals surface area contributed by atoms with Crippen molar-refractivity contribution in [1.29, 1.82) is 0 Å². The van der Waals surface area contributed by atoms with Crippen molar-refractivity contribution in [2.45, 2.75) is 25.1 Å². The normalized spacial score (nSPS) is 26.3. The van der Waals surface area contributed by atoms with Crippen LogP contribution in [0.1, 0.15) is 19.8 Å². The Morgan fingerprint density at radius 1 is 1.58 bits per heavy atom. The van der Waals surface area contributed by atoms with E-state index < -0.39 is 10.0 Å². The molecule has 12 heavy (non-hydrogen) atoms. The SMILES string of the molecule is CCCS(=O)(=O)N1CCC(Cl)C1. The van der Waals surface area contributed by atoms with E-state index >= 15 is 0 Å². The molecule has 1 atom stereocenters. The van der Waals surface area contributed by atoms with Crippen molar-refractivity contribution in [3.63, 3.8) is 0 Å². The van der Waals surface area contributed by atoms with Gasteiger partial charge in [-0.1, -0.05) is 6.92 Å². The summed E-state index contributed by atoms with van der Waals surface area (Å²) in [5.74, 6) is 0.247. The number of hydrogen-bond acceptors (Lipinski definition) is 2. The van der Waals surface area contributed by atoms with Gasteiger partial charge in [-0.15, -0.1) is 11.6 Å². The molecule has 0 aromatic heterocycles. The monoisotopic (exact) mass is 211 g/mol. The van der Waals surface area contributed by atoms with E-state index in [9.17, 15) is 8.42 Å². The Balaban J connectivity index is 2.58. The highest BCUT2D eigenvalue weighted by atomic mass is 35.5. The molecular weight excluding hydrogens is 198 g/mol. The van der Waals surface area contributed by atoms with Crippen molar-refractivity contribution in [2.75, 3.05) is 18.8 Å². The standard InChI is InChI=1S/C7H14ClNO2S/c1-2-5-12(10,11)9-4-3-7(8)6-9/h7H,2-6H2,1H3. The third-order valence-electron chi connectivity index (χ3n) is 1.95. The quantitative estimate of drug-likeness (QED) is 0.655. The van der Waals surface area contributed by atoms with Gasteiger partial charge in [0.05, 0.1) is 5.75 Å². The molecule has 1 aliphatic heterocycles. The highest BCUT2D eigenvalue weighted by Gasteiger charge is 2.29. The van der Waals surface area contributed by atoms with Gasteiger partial charge in [0.1, 0.15) is 0 Å². The minimum absolute atomic E-state index is 0.0108. The van der Waals surface area contributed by atoms with Gasteiger partial charge >= 0.3 is 0 Å². The Hall–Kier alpha value is 0.200. The second-order valence-electron chi connectivity index (χ2n) is 3.06. The van der Waals surface area contributed by atoms with Crippen LogP contribution < -0.4 is 0 Å². The Kier molecular flexibility index (Phi) is 3.37. The minimum Gasteiger partial charge on any atom is -0.212 e. The summed E-state index contributed by atoms with van der Waals surface area (Å²) in [6.07, 6.45) is 1.45. The fraction of sp³-hybridized carbons (Fsp3) is 1.00. The highest BCUT2D eigenvalue weighted by molar-refractivity contribution is 7.89. The third kappa shape index (κ3) is 2.34. The molecule has 3 nitrogen and oxygen atoms in total. The lowest BCUT2D eigenvalue weighted by molar-refractivity contribution is 0.477. The van der Waals surface area contributed by atoms with Crippen LogP contribution in [0.15, 0.2) is 0 Å². The maximum absolute atomic E-state index is 11.4. The molecule has 0 N–H and O–H groups in total. The summed E-state index contributed by atoms with van der Waals surface area (Å²) in [6, 6.07) is 0. The average molecular weight is 212 g/mol. The summed E-state index contributed by atoms with van der Waals surface area (Å²) >= 11 is 5.81. The predicted molar refractivity (Wildman–Crippen MR) is 49.9 cm³/mol. The molecular formula is C7H14ClNO2S. The van der Waals surface area contributed by atoms with Crippen LogP contribution in [0.4, 0.5) is 0 Å². The molecule has 0 spiro atoms. The molecule has 0 aromatic carbocycles. The predicted octanol–water partition coefficient (Wildman–Crippen LogP) is 1.04. The number of sulfonamides is 1. The molecule has 72 valence electrons. The van der Waals surface area contributed by atoms with Gasteiger partial charge in [0.15, 0.2) is 0 Å². The third-order valence-corrected chi connectivity index (χ3v) is 4.35. The molecule has 0 amide bonds. The number of rotatable bonds is 3. The van der Waals surface area contributed by atoms with Crippen molar-refractivity contribution in [1.82, 2.24) is 4.31 Å². The van der Waals surface area contributed by atoms with Crippen LogP contribution in [0.2, 0.25) is 0 Å². The molecule has 5 heteroatoms. The Bertz CT molecular complexity index is 240. The number of hydrogen-bond donors (Lipinski definition) is 0. The summed E-state index contributed by atoms with van der Waals surface area (Å²) in [5, 5.41) is 0.0108. The summed E-state index contributed by atoms with van der Waals surface area (Å²) in [6.45, 7) is 2.95. The van der Waals surface area contributed by atoms with E-state index in [-0.39, 0.29) is 11.1 Å². The zero-order valence-corrected chi connectivity index (χ0v) is 8.74. The van der Waals surface area contributed by atoms with Crippen LogP contribution in [0.3, 0.4) is 0 Å². The molecule has 1 unspecified atom stereocenters. The van der Waals surface area contributed by atoms with Gasteiger partial charge in [-0.05, 0) is 12.8 Å². The lowest BCUT2D eigenvalue weighted by atomic mass is 10.4. The average Bonchev–Trinajstić information content (AvgIpc) is 2.36. The van der Waals surface area contributed by atoms with Crippen molar-refractivity contribution in [3.05, 3.63) is 0 Å². The Morgan fingerprint density at radius 3 is 2.67 bits per heavy atom. The first-order valence-electron chi connectivity index (χ1n) is 4.18. The van der Waals surface area contributed by atoms with Crippen LogP contribution in [0.5, 0.6) is 0 Å². The number of nitrogens with zero attached hydrogens (tertiary/aromatic N) is 1. The van der Waals surface area contributed by atoms with E-state index in [1.165, 1.54) is 4.31 Å². The van der Waals surface area contributed by atoms with Gasteiger partial charge in [-0.25, -0.2) is 12.7 Å². The van der Waals surface area contributed by atoms with E-state index in [0.717, 1.165) is 6.42 Å². The van der Waals surface area contributed by atoms with E-state index in [4.69, 9.17) is 11.6 Å². The second kappa shape index (κ2) is 3.94. The molecule has 0 aliphatic carbocycles. The topological polar surface area (TPSA) is 37.4 Å². The van der Waals surface area contributed by atoms with Gasteiger partial charge in [0.25, 0.3) is 0 Å². The molecule has 0 bridgehead atoms. The molecule has 0 radical (unpaired) electrons. The first-order valence-corrected chi connectivity index (χ1v) is 6.22. The highest BCUT2D eigenvalue weighted by Crippen LogP contribution is 2.18. The Labute approximate surface area is 78.7 Å². The lowest BCUT2D eigenvalue weighted by Gasteiger charge is -2.14. The van der Waals surface area contributed by atoms with E-state index in [0.29, 0.717) is 19.5 Å². The molecule has 1 saturated heterocycles. The van der Waals surface area contributed by atoms with Crippen LogP contribution in [0.25, 0.3) is 0 Å². The van der Waals surface area contributed by atoms with Gasteiger partial charge in [-0.2, -0.15) is 0 Å². The number of halogens is 1. The van der Waals surface area contributed by atoms with Gasteiger partial charge < -0.3 is 0 Å². The first kappa shape index (κ1) is 10.3. The Morgan fingerprint density at radius 2 is 2.25 bits per heavy atom. The summed E-state index contributed by atoms with van der Waals surface area (Å²) in [4.78, 5) is 0. The summed E-state index contributed by atoms with van der Waals surface area (Å²) in [5.41, 5.74) is 0. The van der Waals surface area contributed by atoms with E-state index in [1.807, 2.05) is 6.92 Å². The lowest BCUT2D eigenvalue weighted by Crippen LogP contribution is -2.30. The molecule has 1 heterocycles. The summed E-state index contributed by atoms with van der Waals surface area (Å²) < 4.78 is 24.4. The van der Waals surface area contributed by atoms with Crippen molar-refractivity contribution in [3.8, 4) is 0 Å². The van der Waals surface area contributed by atoms with Crippen molar-refractivity contribution < 1.29 is 8.42 Å². The van der Waals surface area contributed by atoms with Gasteiger partial charge in [0, 0.05) is 18.5 Å². The first-order chi connectivity index (χ1) is 5.56. The van der Waals surface area contributed by atoms with E-state index in [1.54, 1.807) is 0 Å². The van der Waals surface area contributed by atoms with Crippen molar-refractivity contribution >= 4 is 21.6 Å². The minimum atomic E-state index is -2.99. The molecule has 0 saturated carbocycles. The fourth-order valence-corrected chi connectivity index (χ4v) is 3.24. The van der Waals surface area contributed by atoms with Gasteiger partial charge in [-0.3, -0.25) is 0 Å². The molecule has 1 rings (SSSR count). The largest absolute Gasteiger partial charge is 0.214 e. The summed E-state index contributed by atoms with van der Waals surface area (Å²) in [7, 11) is -2.99. The van der Waals surface area contributed by atoms with E-state index in [2.05, 4.69) is 0 Å². The molecule has 0 aromatic rings. The second-order valence-corrected chi connectivity index (χ2v) is 5.77. The maximum Gasteiger partial charge on any atom is 0.214 e. The molecule has 1 aliphatic rings. The van der Waals surface area contributed by atoms with Gasteiger partial charge in [0.2, 0.25) is 10.0 Å². The van der Waals surface area contributed by atoms with Crippen LogP contribution >= 0.6 is 11.6 Å². The maximum atomic E-state index is 11.4. The zero-order valence-electron chi connectivity index (χ0n) is 7.16. The zero-order chi connectivity index (χ0) is 9.19. The fourth-order valence-electron chi connectivity index (χ4n) is 1.33.